The molecule has 1 saturated carbocycles. The molecule has 30 heavy (non-hydrogen) atoms. The molecule has 1 N–H and O–H groups in total. The maximum atomic E-state index is 13.0. The van der Waals surface area contributed by atoms with Crippen LogP contribution >= 0.6 is 0 Å². The lowest BCUT2D eigenvalue weighted by atomic mass is 9.93. The fourth-order valence-corrected chi connectivity index (χ4v) is 2.99. The minimum atomic E-state index is -5.70. The van der Waals surface area contributed by atoms with Gasteiger partial charge in [-0.2, -0.15) is 39.5 Å². The van der Waals surface area contributed by atoms with Gasteiger partial charge in [-0.05, 0) is 31.4 Å². The van der Waals surface area contributed by atoms with Crippen LogP contribution in [0.3, 0.4) is 0 Å². The number of carbonyl (C=O) groups excluding carboxylic acids is 1. The topological polar surface area (TPSA) is 59.8 Å². The number of halogens is 9. The van der Waals surface area contributed by atoms with E-state index in [9.17, 15) is 44.3 Å². The SMILES string of the molecule is O=C(CC(C(F)(F)F)C(F)(F)F)Nc1nc2ccc(C(F)(F)F)nc2n1C1CCC1. The Morgan fingerprint density at radius 1 is 1.03 bits per heavy atom. The first-order chi connectivity index (χ1) is 13.7. The fourth-order valence-electron chi connectivity index (χ4n) is 2.99. The summed E-state index contributed by atoms with van der Waals surface area (Å²) in [5.74, 6) is -5.96. The summed E-state index contributed by atoms with van der Waals surface area (Å²) in [6.07, 6.45) is -16.5. The zero-order valence-electron chi connectivity index (χ0n) is 14.8. The third kappa shape index (κ3) is 4.46. The van der Waals surface area contributed by atoms with Crippen LogP contribution in [-0.4, -0.2) is 32.8 Å². The summed E-state index contributed by atoms with van der Waals surface area (Å²) in [6.45, 7) is 0. The van der Waals surface area contributed by atoms with Gasteiger partial charge in [0.2, 0.25) is 11.9 Å². The molecule has 0 aliphatic heterocycles. The lowest BCUT2D eigenvalue weighted by Crippen LogP contribution is -2.39. The van der Waals surface area contributed by atoms with Crippen molar-refractivity contribution in [3.05, 3.63) is 17.8 Å². The standard InChI is InChI=1S/C16H13F9N4O/c17-14(18,19)9(15(20,21)22)6-11(30)28-13-26-8-4-5-10(16(23,24)25)27-12(8)29(13)7-2-1-3-7/h4-5,7,9H,1-3,6H2,(H,26,28,30). The quantitative estimate of drug-likeness (QED) is 0.651. The van der Waals surface area contributed by atoms with Crippen molar-refractivity contribution in [2.75, 3.05) is 5.32 Å². The number of imidazole rings is 1. The maximum Gasteiger partial charge on any atom is 0.433 e. The molecule has 14 heteroatoms. The number of amides is 1. The average molecular weight is 448 g/mol. The van der Waals surface area contributed by atoms with Gasteiger partial charge in [0.15, 0.2) is 11.6 Å². The smallest absolute Gasteiger partial charge is 0.296 e. The van der Waals surface area contributed by atoms with E-state index in [0.717, 1.165) is 10.6 Å². The molecule has 0 atom stereocenters. The molecule has 166 valence electrons. The molecule has 3 rings (SSSR count). The highest BCUT2D eigenvalue weighted by Gasteiger charge is 2.57. The van der Waals surface area contributed by atoms with Gasteiger partial charge in [0.25, 0.3) is 0 Å². The number of hydrogen-bond donors (Lipinski definition) is 1. The molecule has 1 amide bonds. The highest BCUT2D eigenvalue weighted by molar-refractivity contribution is 5.91. The van der Waals surface area contributed by atoms with Crippen LogP contribution in [0.5, 0.6) is 0 Å². The predicted molar refractivity (Wildman–Crippen MR) is 84.3 cm³/mol. The van der Waals surface area contributed by atoms with Crippen LogP contribution in [0.15, 0.2) is 12.1 Å². The number of carbonyl (C=O) groups is 1. The van der Waals surface area contributed by atoms with Crippen molar-refractivity contribution in [3.8, 4) is 0 Å². The number of nitrogens with zero attached hydrogens (tertiary/aromatic N) is 3. The second kappa shape index (κ2) is 7.30. The summed E-state index contributed by atoms with van der Waals surface area (Å²) in [6, 6.07) is 1.15. The van der Waals surface area contributed by atoms with Crippen molar-refractivity contribution in [3.63, 3.8) is 0 Å². The zero-order chi connectivity index (χ0) is 22.5. The molecule has 0 spiro atoms. The molecule has 0 bridgehead atoms. The Kier molecular flexibility index (Phi) is 5.39. The van der Waals surface area contributed by atoms with Crippen LogP contribution in [0.25, 0.3) is 11.2 Å². The highest BCUT2D eigenvalue weighted by Crippen LogP contribution is 2.42. The number of pyridine rings is 1. The molecule has 0 aromatic carbocycles. The predicted octanol–water partition coefficient (Wildman–Crippen LogP) is 5.24. The Hall–Kier alpha value is -2.54. The third-order valence-corrected chi connectivity index (χ3v) is 4.70. The Morgan fingerprint density at radius 2 is 1.63 bits per heavy atom. The van der Waals surface area contributed by atoms with E-state index in [2.05, 4.69) is 9.97 Å². The van der Waals surface area contributed by atoms with Gasteiger partial charge in [-0.25, -0.2) is 9.97 Å². The van der Waals surface area contributed by atoms with Crippen LogP contribution in [-0.2, 0) is 11.0 Å². The van der Waals surface area contributed by atoms with Crippen molar-refractivity contribution < 1.29 is 44.3 Å². The molecule has 0 radical (unpaired) electrons. The van der Waals surface area contributed by atoms with Crippen LogP contribution in [0, 0.1) is 5.92 Å². The molecule has 2 aromatic rings. The Balaban J connectivity index is 1.94. The summed E-state index contributed by atoms with van der Waals surface area (Å²) >= 11 is 0. The number of hydrogen-bond acceptors (Lipinski definition) is 3. The van der Waals surface area contributed by atoms with E-state index in [1.54, 1.807) is 0 Å². The second-order valence-corrected chi connectivity index (χ2v) is 6.82. The van der Waals surface area contributed by atoms with Crippen LogP contribution in [0.2, 0.25) is 0 Å². The number of fused-ring (bicyclic) bond motifs is 1. The van der Waals surface area contributed by atoms with Gasteiger partial charge in [-0.1, -0.05) is 0 Å². The van der Waals surface area contributed by atoms with Crippen LogP contribution in [0.1, 0.15) is 37.4 Å². The number of nitrogens with one attached hydrogen (secondary N) is 1. The van der Waals surface area contributed by atoms with Gasteiger partial charge in [0.05, 0.1) is 0 Å². The summed E-state index contributed by atoms with van der Waals surface area (Å²) in [5, 5.41) is 1.87. The van der Waals surface area contributed by atoms with Crippen molar-refractivity contribution in [2.45, 2.75) is 50.3 Å². The van der Waals surface area contributed by atoms with E-state index in [1.165, 1.54) is 0 Å². The molecule has 1 aliphatic carbocycles. The molecule has 0 saturated heterocycles. The first-order valence-corrected chi connectivity index (χ1v) is 8.57. The third-order valence-electron chi connectivity index (χ3n) is 4.70. The van der Waals surface area contributed by atoms with Gasteiger partial charge in [0, 0.05) is 12.5 Å². The molecular weight excluding hydrogens is 435 g/mol. The van der Waals surface area contributed by atoms with Crippen molar-refractivity contribution in [1.82, 2.24) is 14.5 Å². The number of anilines is 1. The normalized spacial score (nSPS) is 16.2. The average Bonchev–Trinajstić information content (AvgIpc) is 2.85. The Morgan fingerprint density at radius 3 is 2.10 bits per heavy atom. The number of aromatic nitrogens is 3. The van der Waals surface area contributed by atoms with Crippen LogP contribution in [0.4, 0.5) is 45.5 Å². The van der Waals surface area contributed by atoms with Crippen molar-refractivity contribution in [1.29, 1.82) is 0 Å². The van der Waals surface area contributed by atoms with E-state index >= 15 is 0 Å². The number of alkyl halides is 9. The first kappa shape index (κ1) is 22.2. The molecule has 0 unspecified atom stereocenters. The zero-order valence-corrected chi connectivity index (χ0v) is 14.8. The molecule has 2 aromatic heterocycles. The van der Waals surface area contributed by atoms with Gasteiger partial charge in [-0.15, -0.1) is 0 Å². The van der Waals surface area contributed by atoms with E-state index in [-0.39, 0.29) is 11.2 Å². The Labute approximate surface area is 162 Å². The molecular formula is C16H13F9N4O. The van der Waals surface area contributed by atoms with E-state index in [4.69, 9.17) is 0 Å². The Bertz CT molecular complexity index is 927. The van der Waals surface area contributed by atoms with Crippen molar-refractivity contribution in [2.24, 2.45) is 5.92 Å². The second-order valence-electron chi connectivity index (χ2n) is 6.82. The lowest BCUT2D eigenvalue weighted by molar-refractivity contribution is -0.283. The maximum absolute atomic E-state index is 13.0. The van der Waals surface area contributed by atoms with E-state index in [1.807, 2.05) is 5.32 Å². The minimum Gasteiger partial charge on any atom is -0.296 e. The lowest BCUT2D eigenvalue weighted by Gasteiger charge is -2.29. The van der Waals surface area contributed by atoms with Gasteiger partial charge < -0.3 is 0 Å². The summed E-state index contributed by atoms with van der Waals surface area (Å²) < 4.78 is 116. The monoisotopic (exact) mass is 448 g/mol. The highest BCUT2D eigenvalue weighted by atomic mass is 19.4. The number of rotatable bonds is 4. The largest absolute Gasteiger partial charge is 0.433 e. The molecule has 1 fully saturated rings. The molecule has 2 heterocycles. The van der Waals surface area contributed by atoms with Crippen molar-refractivity contribution >= 4 is 23.0 Å². The molecule has 5 nitrogen and oxygen atoms in total. The molecule has 1 aliphatic rings. The fraction of sp³-hybridized carbons (Fsp3) is 0.562. The summed E-state index contributed by atoms with van der Waals surface area (Å²) in [4.78, 5) is 19.3. The first-order valence-electron chi connectivity index (χ1n) is 8.57. The summed E-state index contributed by atoms with van der Waals surface area (Å²) in [7, 11) is 0. The van der Waals surface area contributed by atoms with Gasteiger partial charge in [-0.3, -0.25) is 14.7 Å². The van der Waals surface area contributed by atoms with Gasteiger partial charge >= 0.3 is 18.5 Å². The minimum absolute atomic E-state index is 0.0895. The summed E-state index contributed by atoms with van der Waals surface area (Å²) in [5.41, 5.74) is -1.61. The van der Waals surface area contributed by atoms with E-state index < -0.39 is 54.5 Å². The van der Waals surface area contributed by atoms with E-state index in [0.29, 0.717) is 25.3 Å². The van der Waals surface area contributed by atoms with Gasteiger partial charge in [0.1, 0.15) is 11.2 Å². The van der Waals surface area contributed by atoms with Crippen LogP contribution < -0.4 is 5.32 Å².